The molecule has 0 atom stereocenters. The van der Waals surface area contributed by atoms with Crippen molar-refractivity contribution in [2.45, 2.75) is 13.5 Å². The van der Waals surface area contributed by atoms with E-state index in [9.17, 15) is 4.79 Å². The first-order valence-electron chi connectivity index (χ1n) is 6.72. The molecule has 108 valence electrons. The van der Waals surface area contributed by atoms with Crippen LogP contribution < -0.4 is 4.74 Å². The predicted molar refractivity (Wildman–Crippen MR) is 82.9 cm³/mol. The summed E-state index contributed by atoms with van der Waals surface area (Å²) in [6.07, 6.45) is 1.80. The van der Waals surface area contributed by atoms with Crippen molar-refractivity contribution in [3.8, 4) is 5.75 Å². The zero-order valence-corrected chi connectivity index (χ0v) is 12.2. The van der Waals surface area contributed by atoms with Crippen LogP contribution in [-0.2, 0) is 16.1 Å². The lowest BCUT2D eigenvalue weighted by molar-refractivity contribution is -0.140. The summed E-state index contributed by atoms with van der Waals surface area (Å²) in [5.41, 5.74) is 2.48. The molecule has 3 nitrogen and oxygen atoms in total. The van der Waals surface area contributed by atoms with E-state index in [-0.39, 0.29) is 12.6 Å². The van der Waals surface area contributed by atoms with Crippen LogP contribution in [0.25, 0.3) is 6.08 Å². The summed E-state index contributed by atoms with van der Waals surface area (Å²) in [6.45, 7) is 2.03. The van der Waals surface area contributed by atoms with E-state index < -0.39 is 0 Å². The molecular weight excluding hydrogens is 264 g/mol. The van der Waals surface area contributed by atoms with Crippen molar-refractivity contribution >= 4 is 12.0 Å². The zero-order valence-electron chi connectivity index (χ0n) is 12.2. The number of hydrogen-bond acceptors (Lipinski definition) is 3. The van der Waals surface area contributed by atoms with Gasteiger partial charge in [-0.15, -0.1) is 0 Å². The number of esters is 1. The summed E-state index contributed by atoms with van der Waals surface area (Å²) >= 11 is 0. The molecule has 2 aromatic carbocycles. The Morgan fingerprint density at radius 2 is 1.71 bits per heavy atom. The Hall–Kier alpha value is -2.55. The average molecular weight is 282 g/mol. The van der Waals surface area contributed by atoms with Crippen LogP contribution in [0.5, 0.6) is 5.75 Å². The summed E-state index contributed by atoms with van der Waals surface area (Å²) in [4.78, 5) is 11.9. The third-order valence-electron chi connectivity index (χ3n) is 3.03. The molecule has 0 unspecified atom stereocenters. The molecule has 0 aliphatic carbocycles. The zero-order chi connectivity index (χ0) is 15.1. The van der Waals surface area contributed by atoms with Gasteiger partial charge in [-0.05, 0) is 36.3 Å². The van der Waals surface area contributed by atoms with E-state index in [4.69, 9.17) is 9.47 Å². The molecule has 0 saturated heterocycles. The maximum atomic E-state index is 11.9. The number of benzene rings is 2. The van der Waals surface area contributed by atoms with E-state index in [2.05, 4.69) is 0 Å². The van der Waals surface area contributed by atoms with Crippen molar-refractivity contribution in [3.05, 3.63) is 71.3 Å². The lowest BCUT2D eigenvalue weighted by Crippen LogP contribution is -2.05. The van der Waals surface area contributed by atoms with Gasteiger partial charge in [-0.2, -0.15) is 0 Å². The van der Waals surface area contributed by atoms with Gasteiger partial charge in [-0.25, -0.2) is 4.79 Å². The van der Waals surface area contributed by atoms with Gasteiger partial charge in [0.25, 0.3) is 0 Å². The van der Waals surface area contributed by atoms with Gasteiger partial charge in [-0.3, -0.25) is 0 Å². The van der Waals surface area contributed by atoms with Gasteiger partial charge < -0.3 is 9.47 Å². The molecule has 2 rings (SSSR count). The molecule has 0 amide bonds. The standard InChI is InChI=1S/C18H18O3/c1-14(12-15-8-10-17(20-2)11-9-15)18(19)21-13-16-6-4-3-5-7-16/h3-12H,13H2,1-2H3. The van der Waals surface area contributed by atoms with Gasteiger partial charge in [0.1, 0.15) is 12.4 Å². The van der Waals surface area contributed by atoms with Crippen LogP contribution in [0, 0.1) is 0 Å². The summed E-state index contributed by atoms with van der Waals surface area (Å²) < 4.78 is 10.4. The molecule has 0 aliphatic heterocycles. The molecule has 0 bridgehead atoms. The summed E-state index contributed by atoms with van der Waals surface area (Å²) in [5.74, 6) is 0.478. The molecule has 0 aliphatic rings. The monoisotopic (exact) mass is 282 g/mol. The van der Waals surface area contributed by atoms with Gasteiger partial charge in [0, 0.05) is 5.57 Å². The Balaban J connectivity index is 1.96. The van der Waals surface area contributed by atoms with Crippen molar-refractivity contribution in [3.63, 3.8) is 0 Å². The third kappa shape index (κ3) is 4.49. The first-order chi connectivity index (χ1) is 10.2. The number of carbonyl (C=O) groups excluding carboxylic acids is 1. The maximum absolute atomic E-state index is 11.9. The smallest absolute Gasteiger partial charge is 0.334 e. The van der Waals surface area contributed by atoms with Crippen LogP contribution >= 0.6 is 0 Å². The highest BCUT2D eigenvalue weighted by Gasteiger charge is 2.06. The second-order valence-corrected chi connectivity index (χ2v) is 4.66. The van der Waals surface area contributed by atoms with Crippen LogP contribution in [-0.4, -0.2) is 13.1 Å². The quantitative estimate of drug-likeness (QED) is 0.617. The summed E-state index contributed by atoms with van der Waals surface area (Å²) in [5, 5.41) is 0. The highest BCUT2D eigenvalue weighted by Crippen LogP contribution is 2.14. The van der Waals surface area contributed by atoms with E-state index in [0.717, 1.165) is 16.9 Å². The highest BCUT2D eigenvalue weighted by atomic mass is 16.5. The normalized spacial score (nSPS) is 11.0. The Bertz CT molecular complexity index is 613. The molecule has 0 spiro atoms. The topological polar surface area (TPSA) is 35.5 Å². The Labute approximate surface area is 124 Å². The molecule has 0 aromatic heterocycles. The number of methoxy groups -OCH3 is 1. The van der Waals surface area contributed by atoms with E-state index in [1.54, 1.807) is 20.1 Å². The Kier molecular flexibility index (Phi) is 5.16. The van der Waals surface area contributed by atoms with Crippen molar-refractivity contribution in [2.75, 3.05) is 7.11 Å². The van der Waals surface area contributed by atoms with Gasteiger partial charge in [0.05, 0.1) is 7.11 Å². The minimum absolute atomic E-state index is 0.285. The molecular formula is C18H18O3. The second-order valence-electron chi connectivity index (χ2n) is 4.66. The summed E-state index contributed by atoms with van der Waals surface area (Å²) in [7, 11) is 1.62. The fourth-order valence-corrected chi connectivity index (χ4v) is 1.85. The van der Waals surface area contributed by atoms with Crippen molar-refractivity contribution in [1.82, 2.24) is 0 Å². The van der Waals surface area contributed by atoms with Gasteiger partial charge in [-0.1, -0.05) is 42.5 Å². The fourth-order valence-electron chi connectivity index (χ4n) is 1.85. The SMILES string of the molecule is COc1ccc(C=C(C)C(=O)OCc2ccccc2)cc1. The molecule has 0 saturated carbocycles. The van der Waals surface area contributed by atoms with Crippen molar-refractivity contribution < 1.29 is 14.3 Å². The van der Waals surface area contributed by atoms with Crippen LogP contribution in [0.15, 0.2) is 60.2 Å². The first kappa shape index (κ1) is 14.9. The highest BCUT2D eigenvalue weighted by molar-refractivity contribution is 5.93. The van der Waals surface area contributed by atoms with E-state index in [1.807, 2.05) is 54.6 Å². The molecule has 0 radical (unpaired) electrons. The number of carbonyl (C=O) groups is 1. The van der Waals surface area contributed by atoms with Crippen LogP contribution in [0.4, 0.5) is 0 Å². The Morgan fingerprint density at radius 3 is 2.33 bits per heavy atom. The molecule has 21 heavy (non-hydrogen) atoms. The molecule has 0 heterocycles. The predicted octanol–water partition coefficient (Wildman–Crippen LogP) is 3.84. The number of rotatable bonds is 5. The lowest BCUT2D eigenvalue weighted by Gasteiger charge is -2.05. The largest absolute Gasteiger partial charge is 0.497 e. The number of ether oxygens (including phenoxy) is 2. The van der Waals surface area contributed by atoms with Crippen LogP contribution in [0.1, 0.15) is 18.1 Å². The third-order valence-corrected chi connectivity index (χ3v) is 3.03. The van der Waals surface area contributed by atoms with Crippen molar-refractivity contribution in [1.29, 1.82) is 0 Å². The Morgan fingerprint density at radius 1 is 1.05 bits per heavy atom. The van der Waals surface area contributed by atoms with E-state index in [1.165, 1.54) is 0 Å². The molecule has 0 fully saturated rings. The maximum Gasteiger partial charge on any atom is 0.334 e. The second kappa shape index (κ2) is 7.29. The molecule has 2 aromatic rings. The molecule has 3 heteroatoms. The first-order valence-corrected chi connectivity index (χ1v) is 6.72. The van der Waals surface area contributed by atoms with Crippen LogP contribution in [0.2, 0.25) is 0 Å². The minimum atomic E-state index is -0.310. The fraction of sp³-hybridized carbons (Fsp3) is 0.167. The van der Waals surface area contributed by atoms with E-state index in [0.29, 0.717) is 5.57 Å². The molecule has 0 N–H and O–H groups in total. The minimum Gasteiger partial charge on any atom is -0.497 e. The van der Waals surface area contributed by atoms with Crippen molar-refractivity contribution in [2.24, 2.45) is 0 Å². The van der Waals surface area contributed by atoms with Gasteiger partial charge >= 0.3 is 5.97 Å². The number of hydrogen-bond donors (Lipinski definition) is 0. The van der Waals surface area contributed by atoms with Crippen LogP contribution in [0.3, 0.4) is 0 Å². The lowest BCUT2D eigenvalue weighted by atomic mass is 10.1. The average Bonchev–Trinajstić information content (AvgIpc) is 2.54. The van der Waals surface area contributed by atoms with Gasteiger partial charge in [0.15, 0.2) is 0 Å². The summed E-state index contributed by atoms with van der Waals surface area (Å²) in [6, 6.07) is 17.1. The van der Waals surface area contributed by atoms with Gasteiger partial charge in [0.2, 0.25) is 0 Å². The van der Waals surface area contributed by atoms with E-state index >= 15 is 0 Å².